The number of H-pyrrole nitrogens is 1. The van der Waals surface area contributed by atoms with Gasteiger partial charge in [0.1, 0.15) is 12.3 Å². The number of aromatic nitrogens is 1. The molecule has 190 valence electrons. The maximum Gasteiger partial charge on any atom is 0.319 e. The minimum atomic E-state index is -0.755. The van der Waals surface area contributed by atoms with Crippen molar-refractivity contribution in [2.75, 3.05) is 5.32 Å². The highest BCUT2D eigenvalue weighted by atomic mass is 16.2. The molecule has 0 saturated carbocycles. The molecule has 1 aromatic heterocycles. The number of benzene rings is 3. The molecule has 1 heterocycles. The Morgan fingerprint density at radius 1 is 0.946 bits per heavy atom. The van der Waals surface area contributed by atoms with E-state index in [0.29, 0.717) is 24.8 Å². The average Bonchev–Trinajstić information content (AvgIpc) is 3.32. The molecule has 3 amide bonds. The van der Waals surface area contributed by atoms with E-state index in [9.17, 15) is 14.4 Å². The molecule has 0 radical (unpaired) electrons. The number of hydrogen-bond acceptors (Lipinski definition) is 3. The van der Waals surface area contributed by atoms with Crippen LogP contribution < -0.4 is 16.0 Å². The third-order valence-electron chi connectivity index (χ3n) is 6.68. The summed E-state index contributed by atoms with van der Waals surface area (Å²) in [5, 5.41) is 11.8. The molecule has 37 heavy (non-hydrogen) atoms. The van der Waals surface area contributed by atoms with E-state index in [1.165, 1.54) is 6.08 Å². The quantitative estimate of drug-likeness (QED) is 0.176. The van der Waals surface area contributed by atoms with E-state index in [4.69, 9.17) is 0 Å². The van der Waals surface area contributed by atoms with Crippen LogP contribution in [0.25, 0.3) is 21.7 Å². The second kappa shape index (κ2) is 12.0. The number of para-hydroxylation sites is 1. The van der Waals surface area contributed by atoms with Gasteiger partial charge in [0.25, 0.3) is 0 Å². The van der Waals surface area contributed by atoms with Crippen molar-refractivity contribution in [2.45, 2.75) is 38.8 Å². The molecule has 4 rings (SSSR count). The summed E-state index contributed by atoms with van der Waals surface area (Å²) in [5.41, 5.74) is 2.70. The summed E-state index contributed by atoms with van der Waals surface area (Å²) < 4.78 is 0. The van der Waals surface area contributed by atoms with E-state index in [-0.39, 0.29) is 11.8 Å². The molecule has 0 aliphatic heterocycles. The summed E-state index contributed by atoms with van der Waals surface area (Å²) >= 11 is 0. The van der Waals surface area contributed by atoms with Crippen LogP contribution in [0, 0.1) is 5.92 Å². The molecule has 3 atom stereocenters. The van der Waals surface area contributed by atoms with Gasteiger partial charge in [0.2, 0.25) is 5.91 Å². The van der Waals surface area contributed by atoms with E-state index >= 15 is 0 Å². The van der Waals surface area contributed by atoms with E-state index in [1.807, 2.05) is 86.8 Å². The van der Waals surface area contributed by atoms with Crippen LogP contribution in [0.2, 0.25) is 0 Å². The van der Waals surface area contributed by atoms with Gasteiger partial charge in [-0.3, -0.25) is 9.59 Å². The van der Waals surface area contributed by atoms with E-state index in [1.54, 1.807) is 6.08 Å². The maximum atomic E-state index is 13.4. The Labute approximate surface area is 216 Å². The molecule has 4 N–H and O–H groups in total. The number of amides is 3. The highest BCUT2D eigenvalue weighted by Gasteiger charge is 2.27. The fraction of sp³-hybridized carbons (Fsp3) is 0.233. The summed E-state index contributed by atoms with van der Waals surface area (Å²) in [6.07, 6.45) is 6.87. The van der Waals surface area contributed by atoms with Crippen molar-refractivity contribution in [3.63, 3.8) is 0 Å². The first-order valence-electron chi connectivity index (χ1n) is 12.5. The number of carbonyl (C=O) groups excluding carboxylic acids is 3. The van der Waals surface area contributed by atoms with Crippen molar-refractivity contribution < 1.29 is 14.4 Å². The molecular weight excluding hydrogens is 464 g/mol. The Hall–Kier alpha value is -4.39. The fourth-order valence-corrected chi connectivity index (χ4v) is 4.49. The lowest BCUT2D eigenvalue weighted by Crippen LogP contribution is -2.53. The van der Waals surface area contributed by atoms with Gasteiger partial charge < -0.3 is 20.9 Å². The van der Waals surface area contributed by atoms with Gasteiger partial charge in [-0.15, -0.1) is 0 Å². The second-order valence-corrected chi connectivity index (χ2v) is 9.19. The largest absolute Gasteiger partial charge is 0.361 e. The summed E-state index contributed by atoms with van der Waals surface area (Å²) in [6, 6.07) is 19.8. The molecule has 0 unspecified atom stereocenters. The summed E-state index contributed by atoms with van der Waals surface area (Å²) in [6.45, 7) is 3.91. The molecule has 7 heteroatoms. The molecule has 4 aromatic rings. The molecular formula is C30H32N4O3. The normalized spacial score (nSPS) is 13.8. The van der Waals surface area contributed by atoms with E-state index in [0.717, 1.165) is 27.2 Å². The lowest BCUT2D eigenvalue weighted by atomic mass is 9.97. The first-order valence-corrected chi connectivity index (χ1v) is 12.5. The van der Waals surface area contributed by atoms with Gasteiger partial charge in [-0.2, -0.15) is 0 Å². The fourth-order valence-electron chi connectivity index (χ4n) is 4.49. The van der Waals surface area contributed by atoms with Crippen LogP contribution in [-0.4, -0.2) is 35.3 Å². The number of aromatic amines is 1. The monoisotopic (exact) mass is 496 g/mol. The Morgan fingerprint density at radius 2 is 1.68 bits per heavy atom. The van der Waals surface area contributed by atoms with Crippen molar-refractivity contribution in [1.29, 1.82) is 0 Å². The van der Waals surface area contributed by atoms with Crippen molar-refractivity contribution in [3.05, 3.63) is 90.6 Å². The highest BCUT2D eigenvalue weighted by Crippen LogP contribution is 2.23. The Bertz CT molecular complexity index is 1420. The van der Waals surface area contributed by atoms with Gasteiger partial charge >= 0.3 is 6.03 Å². The van der Waals surface area contributed by atoms with Crippen molar-refractivity contribution in [2.24, 2.45) is 5.92 Å². The minimum Gasteiger partial charge on any atom is -0.361 e. The van der Waals surface area contributed by atoms with E-state index in [2.05, 4.69) is 20.9 Å². The molecule has 0 saturated heterocycles. The van der Waals surface area contributed by atoms with Crippen LogP contribution in [0.15, 0.2) is 85.1 Å². The third kappa shape index (κ3) is 6.25. The predicted molar refractivity (Wildman–Crippen MR) is 148 cm³/mol. The zero-order valence-electron chi connectivity index (χ0n) is 21.0. The molecule has 0 spiro atoms. The Morgan fingerprint density at radius 3 is 2.46 bits per heavy atom. The van der Waals surface area contributed by atoms with Crippen molar-refractivity contribution in [1.82, 2.24) is 15.6 Å². The van der Waals surface area contributed by atoms with Gasteiger partial charge in [-0.1, -0.05) is 80.9 Å². The number of fused-ring (bicyclic) bond motifs is 2. The topological polar surface area (TPSA) is 103 Å². The van der Waals surface area contributed by atoms with Crippen LogP contribution in [0.3, 0.4) is 0 Å². The molecule has 7 nitrogen and oxygen atoms in total. The molecule has 3 aromatic carbocycles. The molecule has 0 aliphatic carbocycles. The van der Waals surface area contributed by atoms with Crippen LogP contribution in [0.1, 0.15) is 25.8 Å². The summed E-state index contributed by atoms with van der Waals surface area (Å²) in [4.78, 5) is 40.7. The van der Waals surface area contributed by atoms with Crippen molar-refractivity contribution in [3.8, 4) is 0 Å². The summed E-state index contributed by atoms with van der Waals surface area (Å²) in [5.74, 6) is -0.412. The number of carbonyl (C=O) groups is 3. The van der Waals surface area contributed by atoms with Crippen LogP contribution >= 0.6 is 0 Å². The number of allylic oxidation sites excluding steroid dienone is 1. The molecule has 0 fully saturated rings. The Balaban J connectivity index is 1.49. The Kier molecular flexibility index (Phi) is 8.36. The van der Waals surface area contributed by atoms with Gasteiger partial charge in [0.05, 0.1) is 11.7 Å². The maximum absolute atomic E-state index is 13.4. The summed E-state index contributed by atoms with van der Waals surface area (Å²) in [7, 11) is 0. The highest BCUT2D eigenvalue weighted by molar-refractivity contribution is 6.02. The zero-order chi connectivity index (χ0) is 26.2. The first-order chi connectivity index (χ1) is 18.0. The minimum absolute atomic E-state index is 0.109. The average molecular weight is 497 g/mol. The van der Waals surface area contributed by atoms with Gasteiger partial charge in [-0.05, 0) is 41.5 Å². The number of rotatable bonds is 10. The SMILES string of the molecule is CC[C@H](C)[C@H](NC(=O)Nc1cccc2ccccc12)C(=O)N[C@H](C=CC=O)Cc1c[nH]c2ccccc12. The third-order valence-corrected chi connectivity index (χ3v) is 6.68. The lowest BCUT2D eigenvalue weighted by Gasteiger charge is -2.26. The van der Waals surface area contributed by atoms with Crippen LogP contribution in [0.5, 0.6) is 0 Å². The van der Waals surface area contributed by atoms with E-state index < -0.39 is 18.1 Å². The van der Waals surface area contributed by atoms with Gasteiger partial charge in [-0.25, -0.2) is 4.79 Å². The van der Waals surface area contributed by atoms with Gasteiger partial charge in [0.15, 0.2) is 0 Å². The molecule has 0 aliphatic rings. The number of anilines is 1. The number of aldehydes is 1. The lowest BCUT2D eigenvalue weighted by molar-refractivity contribution is -0.124. The number of hydrogen-bond donors (Lipinski definition) is 4. The number of urea groups is 1. The first kappa shape index (κ1) is 25.7. The zero-order valence-corrected chi connectivity index (χ0v) is 21.0. The van der Waals surface area contributed by atoms with Gasteiger partial charge in [0, 0.05) is 22.5 Å². The number of nitrogens with one attached hydrogen (secondary N) is 4. The smallest absolute Gasteiger partial charge is 0.319 e. The standard InChI is InChI=1S/C30H32N4O3/c1-3-20(2)28(34-30(37)33-27-16-8-11-21-10-4-5-13-24(21)27)29(36)32-23(12-9-17-35)18-22-19-31-26-15-7-6-14-25(22)26/h4-17,19-20,23,28,31H,3,18H2,1-2H3,(H,32,36)(H2,33,34,37)/t20-,23+,28-/m0/s1. The van der Waals surface area contributed by atoms with Crippen LogP contribution in [-0.2, 0) is 16.0 Å². The molecule has 0 bridgehead atoms. The second-order valence-electron chi connectivity index (χ2n) is 9.19. The van der Waals surface area contributed by atoms with Crippen molar-refractivity contribution >= 4 is 45.6 Å². The van der Waals surface area contributed by atoms with Crippen LogP contribution in [0.4, 0.5) is 10.5 Å². The predicted octanol–water partition coefficient (Wildman–Crippen LogP) is 5.34.